The fraction of sp³-hybridized carbons (Fsp3) is 0.280. The van der Waals surface area contributed by atoms with Crippen LogP contribution in [0.1, 0.15) is 50.3 Å². The van der Waals surface area contributed by atoms with E-state index in [9.17, 15) is 13.2 Å². The lowest BCUT2D eigenvalue weighted by molar-refractivity contribution is -0.115. The van der Waals surface area contributed by atoms with Crippen molar-refractivity contribution in [3.05, 3.63) is 70.8 Å². The van der Waals surface area contributed by atoms with E-state index in [0.717, 1.165) is 50.3 Å². The highest BCUT2D eigenvalue weighted by Crippen LogP contribution is 2.36. The van der Waals surface area contributed by atoms with Crippen LogP contribution in [0.2, 0.25) is 0 Å². The maximum absolute atomic E-state index is 13.4. The highest BCUT2D eigenvalue weighted by molar-refractivity contribution is 7.90. The maximum atomic E-state index is 13.4. The Balaban J connectivity index is 1.75. The van der Waals surface area contributed by atoms with Gasteiger partial charge in [-0.2, -0.15) is 13.5 Å². The number of hydrogen-bond donors (Lipinski definition) is 1. The summed E-state index contributed by atoms with van der Waals surface area (Å²) in [5.74, 6) is 0.179. The molecule has 0 aliphatic heterocycles. The Morgan fingerprint density at radius 2 is 1.84 bits per heavy atom. The number of ketones is 1. The number of nitrogens with zero attached hydrogens (tertiary/aromatic N) is 2. The van der Waals surface area contributed by atoms with Gasteiger partial charge in [0.15, 0.2) is 5.78 Å². The minimum absolute atomic E-state index is 0.0532. The number of benzene rings is 2. The van der Waals surface area contributed by atoms with E-state index in [2.05, 4.69) is 5.10 Å². The molecular formula is C25H27N3O3S. The average Bonchev–Trinajstić information content (AvgIpc) is 3.34. The van der Waals surface area contributed by atoms with Crippen LogP contribution in [-0.4, -0.2) is 23.4 Å². The molecule has 1 aliphatic rings. The van der Waals surface area contributed by atoms with Gasteiger partial charge in [-0.25, -0.2) is 0 Å². The summed E-state index contributed by atoms with van der Waals surface area (Å²) < 4.78 is 27.7. The van der Waals surface area contributed by atoms with Crippen LogP contribution in [0.5, 0.6) is 0 Å². The number of carbonyl (C=O) groups is 1. The van der Waals surface area contributed by atoms with Crippen LogP contribution in [-0.2, 0) is 27.7 Å². The number of hydrogen-bond acceptors (Lipinski definition) is 5. The Morgan fingerprint density at radius 1 is 1.09 bits per heavy atom. The quantitative estimate of drug-likeness (QED) is 0.567. The van der Waals surface area contributed by atoms with Crippen molar-refractivity contribution in [1.29, 1.82) is 0 Å². The number of nitrogen functional groups attached to an aromatic ring is 1. The second kappa shape index (κ2) is 8.39. The summed E-state index contributed by atoms with van der Waals surface area (Å²) in [5, 5.41) is 4.35. The molecule has 1 aromatic heterocycles. The molecule has 32 heavy (non-hydrogen) atoms. The number of aryl methyl sites for hydroxylation is 1. The lowest BCUT2D eigenvalue weighted by Gasteiger charge is -2.09. The summed E-state index contributed by atoms with van der Waals surface area (Å²) in [5.41, 5.74) is 11.9. The Kier molecular flexibility index (Phi) is 5.77. The van der Waals surface area contributed by atoms with E-state index < -0.39 is 10.0 Å². The van der Waals surface area contributed by atoms with Gasteiger partial charge in [-0.15, -0.1) is 4.09 Å². The lowest BCUT2D eigenvalue weighted by atomic mass is 10.0. The molecule has 3 aromatic rings. The smallest absolute Gasteiger partial charge is 0.284 e. The number of rotatable bonds is 7. The van der Waals surface area contributed by atoms with E-state index in [0.29, 0.717) is 18.5 Å². The first kappa shape index (κ1) is 22.0. The third-order valence-corrected chi connectivity index (χ3v) is 7.62. The third-order valence-electron chi connectivity index (χ3n) is 6.02. The van der Waals surface area contributed by atoms with E-state index in [1.807, 2.05) is 45.0 Å². The zero-order chi connectivity index (χ0) is 23.0. The zero-order valence-electron chi connectivity index (χ0n) is 18.6. The normalized spacial score (nSPS) is 13.5. The largest absolute Gasteiger partial charge is 0.383 e. The van der Waals surface area contributed by atoms with Crippen molar-refractivity contribution in [3.63, 3.8) is 0 Å². The summed E-state index contributed by atoms with van der Waals surface area (Å²) in [6, 6.07) is 14.3. The molecule has 2 N–H and O–H groups in total. The number of Topliss-reactive ketones (excluding diaryl/α,β-unsaturated/α-hetero) is 1. The van der Waals surface area contributed by atoms with Crippen LogP contribution in [0.25, 0.3) is 16.8 Å². The highest BCUT2D eigenvalue weighted by atomic mass is 32.2. The molecule has 0 unspecified atom stereocenters. The Hall–Kier alpha value is -3.19. The zero-order valence-corrected chi connectivity index (χ0v) is 19.4. The molecule has 1 heterocycles. The number of fused-ring (bicyclic) bond motifs is 1. The minimum Gasteiger partial charge on any atom is -0.383 e. The molecule has 0 saturated heterocycles. The predicted molar refractivity (Wildman–Crippen MR) is 127 cm³/mol. The molecule has 0 atom stereocenters. The summed E-state index contributed by atoms with van der Waals surface area (Å²) >= 11 is 0. The van der Waals surface area contributed by atoms with E-state index in [4.69, 9.17) is 5.73 Å². The summed E-state index contributed by atoms with van der Waals surface area (Å²) in [4.78, 5) is 12.6. The Labute approximate surface area is 188 Å². The van der Waals surface area contributed by atoms with Crippen LogP contribution < -0.4 is 5.73 Å². The van der Waals surface area contributed by atoms with E-state index in [1.54, 1.807) is 24.3 Å². The van der Waals surface area contributed by atoms with Crippen LogP contribution in [0.3, 0.4) is 0 Å². The van der Waals surface area contributed by atoms with Gasteiger partial charge in [-0.1, -0.05) is 44.2 Å². The summed E-state index contributed by atoms with van der Waals surface area (Å²) in [6.45, 7) is 5.89. The minimum atomic E-state index is -4.00. The van der Waals surface area contributed by atoms with Gasteiger partial charge >= 0.3 is 0 Å². The van der Waals surface area contributed by atoms with Gasteiger partial charge < -0.3 is 5.73 Å². The Morgan fingerprint density at radius 3 is 2.56 bits per heavy atom. The van der Waals surface area contributed by atoms with Crippen LogP contribution in [0.4, 0.5) is 5.82 Å². The molecule has 0 radical (unpaired) electrons. The van der Waals surface area contributed by atoms with Crippen molar-refractivity contribution >= 4 is 27.2 Å². The third kappa shape index (κ3) is 3.66. The topological polar surface area (TPSA) is 95.0 Å². The molecule has 0 spiro atoms. The second-order valence-corrected chi connectivity index (χ2v) is 9.85. The van der Waals surface area contributed by atoms with Gasteiger partial charge in [0, 0.05) is 30.0 Å². The van der Waals surface area contributed by atoms with Gasteiger partial charge in [0.25, 0.3) is 10.0 Å². The molecule has 4 rings (SSSR count). The SMILES string of the molecule is CCCC(=O)C1=C(C)c2cc(S(=O)(=O)n3nc(-c4ccccc4CC)cc3N)ccc2C1. The van der Waals surface area contributed by atoms with Gasteiger partial charge in [-0.3, -0.25) is 4.79 Å². The summed E-state index contributed by atoms with van der Waals surface area (Å²) in [6.07, 6.45) is 2.62. The van der Waals surface area contributed by atoms with Gasteiger partial charge in [0.1, 0.15) is 5.82 Å². The lowest BCUT2D eigenvalue weighted by Crippen LogP contribution is -2.17. The molecule has 0 bridgehead atoms. The molecule has 6 nitrogen and oxygen atoms in total. The molecule has 166 valence electrons. The van der Waals surface area contributed by atoms with Crippen molar-refractivity contribution in [2.24, 2.45) is 0 Å². The van der Waals surface area contributed by atoms with Gasteiger partial charge in [0.2, 0.25) is 0 Å². The number of carbonyl (C=O) groups excluding carboxylic acids is 1. The van der Waals surface area contributed by atoms with E-state index in [1.165, 1.54) is 0 Å². The fourth-order valence-electron chi connectivity index (χ4n) is 4.27. The number of allylic oxidation sites excluding steroid dienone is 2. The van der Waals surface area contributed by atoms with Crippen LogP contribution in [0, 0.1) is 0 Å². The maximum Gasteiger partial charge on any atom is 0.284 e. The molecule has 2 aromatic carbocycles. The number of nitrogens with two attached hydrogens (primary N) is 1. The highest BCUT2D eigenvalue weighted by Gasteiger charge is 2.27. The Bertz CT molecular complexity index is 1350. The first-order chi connectivity index (χ1) is 15.3. The van der Waals surface area contributed by atoms with E-state index >= 15 is 0 Å². The number of anilines is 1. The second-order valence-electron chi connectivity index (χ2n) is 8.09. The molecule has 1 aliphatic carbocycles. The number of aromatic nitrogens is 2. The van der Waals surface area contributed by atoms with Crippen LogP contribution in [0.15, 0.2) is 59.0 Å². The van der Waals surface area contributed by atoms with Crippen molar-refractivity contribution in [2.45, 2.75) is 51.3 Å². The first-order valence-electron chi connectivity index (χ1n) is 10.8. The molecule has 0 amide bonds. The van der Waals surface area contributed by atoms with Crippen molar-refractivity contribution < 1.29 is 13.2 Å². The molecule has 7 heteroatoms. The summed E-state index contributed by atoms with van der Waals surface area (Å²) in [7, 11) is -4.00. The van der Waals surface area contributed by atoms with Crippen molar-refractivity contribution in [2.75, 3.05) is 5.73 Å². The van der Waals surface area contributed by atoms with E-state index in [-0.39, 0.29) is 16.5 Å². The first-order valence-corrected chi connectivity index (χ1v) is 12.3. The molecule has 0 saturated carbocycles. The fourth-order valence-corrected chi connectivity index (χ4v) is 5.50. The van der Waals surface area contributed by atoms with Gasteiger partial charge in [-0.05, 0) is 54.2 Å². The standard InChI is InChI=1S/C25H27N3O3S/c1-4-8-24(29)22-13-18-11-12-19(14-21(18)16(22)3)32(30,31)28-25(26)15-23(27-28)20-10-7-6-9-17(20)5-2/h6-7,9-12,14-15H,4-5,8,13,26H2,1-3H3. The molecular weight excluding hydrogens is 422 g/mol. The monoisotopic (exact) mass is 449 g/mol. The van der Waals surface area contributed by atoms with Crippen molar-refractivity contribution in [1.82, 2.24) is 9.19 Å². The molecule has 0 fully saturated rings. The van der Waals surface area contributed by atoms with Crippen LogP contribution >= 0.6 is 0 Å². The van der Waals surface area contributed by atoms with Crippen molar-refractivity contribution in [3.8, 4) is 11.3 Å². The average molecular weight is 450 g/mol. The predicted octanol–water partition coefficient (Wildman–Crippen LogP) is 4.63. The van der Waals surface area contributed by atoms with Gasteiger partial charge in [0.05, 0.1) is 10.6 Å².